The van der Waals surface area contributed by atoms with E-state index in [1.165, 1.54) is 14.2 Å². The van der Waals surface area contributed by atoms with Crippen LogP contribution in [0.4, 0.5) is 13.2 Å². The number of halogens is 3. The molecule has 15 heavy (non-hydrogen) atoms. The van der Waals surface area contributed by atoms with Crippen LogP contribution in [0.3, 0.4) is 0 Å². The van der Waals surface area contributed by atoms with Gasteiger partial charge >= 0.3 is 15.5 Å². The fourth-order valence-corrected chi connectivity index (χ4v) is 3.25. The van der Waals surface area contributed by atoms with Gasteiger partial charge in [-0.05, 0) is 12.8 Å². The van der Waals surface area contributed by atoms with Crippen LogP contribution in [-0.4, -0.2) is 34.8 Å². The monoisotopic (exact) mass is 245 g/mol. The van der Waals surface area contributed by atoms with Crippen LogP contribution in [0.25, 0.3) is 0 Å². The Morgan fingerprint density at radius 1 is 1.13 bits per heavy atom. The van der Waals surface area contributed by atoms with Crippen molar-refractivity contribution in [2.24, 2.45) is 5.73 Å². The van der Waals surface area contributed by atoms with Gasteiger partial charge in [-0.25, -0.2) is 0 Å². The van der Waals surface area contributed by atoms with E-state index in [0.717, 1.165) is 0 Å². The topological polar surface area (TPSA) is 44.5 Å². The lowest BCUT2D eigenvalue weighted by Crippen LogP contribution is -2.56. The SMILES string of the molecule is CCC(N)(CCC(F)(F)F)[SiH](OC)OC. The average molecular weight is 245 g/mol. The minimum Gasteiger partial charge on any atom is -0.399 e. The fourth-order valence-electron chi connectivity index (χ4n) is 1.40. The first-order valence-corrected chi connectivity index (χ1v) is 6.22. The van der Waals surface area contributed by atoms with Crippen molar-refractivity contribution in [2.75, 3.05) is 14.2 Å². The number of rotatable bonds is 6. The lowest BCUT2D eigenvalue weighted by atomic mass is 10.1. The quantitative estimate of drug-likeness (QED) is 0.721. The van der Waals surface area contributed by atoms with E-state index in [9.17, 15) is 13.2 Å². The van der Waals surface area contributed by atoms with E-state index in [2.05, 4.69) is 0 Å². The molecular weight excluding hydrogens is 227 g/mol. The lowest BCUT2D eigenvalue weighted by molar-refractivity contribution is -0.137. The van der Waals surface area contributed by atoms with E-state index in [-0.39, 0.29) is 6.42 Å². The summed E-state index contributed by atoms with van der Waals surface area (Å²) in [5, 5.41) is -0.959. The molecule has 3 nitrogen and oxygen atoms in total. The molecule has 0 aromatic rings. The zero-order valence-electron chi connectivity index (χ0n) is 9.23. The van der Waals surface area contributed by atoms with Gasteiger partial charge in [0.1, 0.15) is 0 Å². The van der Waals surface area contributed by atoms with Gasteiger partial charge in [-0.3, -0.25) is 0 Å². The van der Waals surface area contributed by atoms with Gasteiger partial charge in [-0.2, -0.15) is 13.2 Å². The van der Waals surface area contributed by atoms with Crippen molar-refractivity contribution in [2.45, 2.75) is 37.5 Å². The molecule has 0 fully saturated rings. The third-order valence-corrected chi connectivity index (χ3v) is 4.92. The van der Waals surface area contributed by atoms with Crippen LogP contribution >= 0.6 is 0 Å². The van der Waals surface area contributed by atoms with Crippen LogP contribution in [0, 0.1) is 0 Å². The molecule has 0 spiro atoms. The number of alkyl halides is 3. The van der Waals surface area contributed by atoms with E-state index < -0.39 is 27.0 Å². The minimum absolute atomic E-state index is 0.147. The average Bonchev–Trinajstić information content (AvgIpc) is 2.15. The molecule has 0 amide bonds. The van der Waals surface area contributed by atoms with Gasteiger partial charge in [0.2, 0.25) is 0 Å². The van der Waals surface area contributed by atoms with Gasteiger partial charge in [0, 0.05) is 20.6 Å². The van der Waals surface area contributed by atoms with Gasteiger partial charge in [0.05, 0.1) is 5.16 Å². The van der Waals surface area contributed by atoms with E-state index in [4.69, 9.17) is 14.6 Å². The van der Waals surface area contributed by atoms with Gasteiger partial charge in [0.25, 0.3) is 0 Å². The minimum atomic E-state index is -4.18. The third-order valence-electron chi connectivity index (χ3n) is 2.43. The van der Waals surface area contributed by atoms with Crippen LogP contribution in [0.1, 0.15) is 26.2 Å². The molecule has 0 aromatic heterocycles. The molecule has 0 bridgehead atoms. The van der Waals surface area contributed by atoms with Crippen molar-refractivity contribution < 1.29 is 22.0 Å². The molecule has 1 unspecified atom stereocenters. The van der Waals surface area contributed by atoms with Crippen molar-refractivity contribution in [3.05, 3.63) is 0 Å². The maximum Gasteiger partial charge on any atom is 0.389 e. The van der Waals surface area contributed by atoms with E-state index in [1.807, 2.05) is 0 Å². The Morgan fingerprint density at radius 3 is 1.87 bits per heavy atom. The van der Waals surface area contributed by atoms with Crippen molar-refractivity contribution in [3.63, 3.8) is 0 Å². The van der Waals surface area contributed by atoms with Crippen molar-refractivity contribution >= 4 is 9.28 Å². The highest BCUT2D eigenvalue weighted by Crippen LogP contribution is 2.28. The Morgan fingerprint density at radius 2 is 1.60 bits per heavy atom. The van der Waals surface area contributed by atoms with E-state index in [1.54, 1.807) is 6.92 Å². The predicted molar refractivity (Wildman–Crippen MR) is 53.7 cm³/mol. The second kappa shape index (κ2) is 5.83. The number of nitrogens with two attached hydrogens (primary N) is 1. The van der Waals surface area contributed by atoms with Crippen molar-refractivity contribution in [1.29, 1.82) is 0 Å². The Bertz CT molecular complexity index is 187. The molecule has 0 aliphatic carbocycles. The molecule has 92 valence electrons. The molecular formula is C8H18F3NO2Si. The highest BCUT2D eigenvalue weighted by atomic mass is 28.3. The normalized spacial score (nSPS) is 16.8. The van der Waals surface area contributed by atoms with Crippen LogP contribution < -0.4 is 5.73 Å². The summed E-state index contributed by atoms with van der Waals surface area (Å²) >= 11 is 0. The van der Waals surface area contributed by atoms with Crippen LogP contribution in [0.15, 0.2) is 0 Å². The summed E-state index contributed by atoms with van der Waals surface area (Å²) in [4.78, 5) is 0. The van der Waals surface area contributed by atoms with Crippen LogP contribution in [0.5, 0.6) is 0 Å². The Hall–Kier alpha value is -0.113. The fraction of sp³-hybridized carbons (Fsp3) is 1.00. The predicted octanol–water partition coefficient (Wildman–Crippen LogP) is 1.49. The highest BCUT2D eigenvalue weighted by molar-refractivity contribution is 6.48. The zero-order valence-corrected chi connectivity index (χ0v) is 10.4. The van der Waals surface area contributed by atoms with Gasteiger partial charge in [-0.1, -0.05) is 6.92 Å². The Balaban J connectivity index is 4.42. The first kappa shape index (κ1) is 14.9. The first-order chi connectivity index (χ1) is 6.79. The summed E-state index contributed by atoms with van der Waals surface area (Å²) in [6.45, 7) is 1.74. The summed E-state index contributed by atoms with van der Waals surface area (Å²) in [6.07, 6.45) is -4.80. The Labute approximate surface area is 89.6 Å². The molecule has 0 rings (SSSR count). The molecule has 0 aromatic carbocycles. The zero-order chi connectivity index (χ0) is 12.1. The summed E-state index contributed by atoms with van der Waals surface area (Å²) in [5.41, 5.74) is 5.88. The maximum atomic E-state index is 12.1. The second-order valence-electron chi connectivity index (χ2n) is 3.51. The van der Waals surface area contributed by atoms with E-state index >= 15 is 0 Å². The van der Waals surface area contributed by atoms with Crippen molar-refractivity contribution in [3.8, 4) is 0 Å². The third kappa shape index (κ3) is 4.96. The molecule has 2 N–H and O–H groups in total. The highest BCUT2D eigenvalue weighted by Gasteiger charge is 2.40. The summed E-state index contributed by atoms with van der Waals surface area (Å²) in [6, 6.07) is 0. The second-order valence-corrected chi connectivity index (χ2v) is 6.26. The van der Waals surface area contributed by atoms with Crippen molar-refractivity contribution in [1.82, 2.24) is 0 Å². The molecule has 0 heterocycles. The standard InChI is InChI=1S/C8H18F3NO2Si/c1-4-7(12,15(13-2)14-3)5-6-8(9,10)11/h15H,4-6,12H2,1-3H3. The van der Waals surface area contributed by atoms with Gasteiger partial charge in [0.15, 0.2) is 0 Å². The summed E-state index contributed by atoms with van der Waals surface area (Å²) in [7, 11) is 0.610. The van der Waals surface area contributed by atoms with Gasteiger partial charge in [-0.15, -0.1) is 0 Å². The number of hydrogen-bond donors (Lipinski definition) is 1. The van der Waals surface area contributed by atoms with E-state index in [0.29, 0.717) is 6.42 Å². The molecule has 0 saturated heterocycles. The van der Waals surface area contributed by atoms with Gasteiger partial charge < -0.3 is 14.6 Å². The molecule has 0 aliphatic heterocycles. The maximum absolute atomic E-state index is 12.1. The smallest absolute Gasteiger partial charge is 0.389 e. The molecule has 7 heteroatoms. The Kier molecular flexibility index (Phi) is 5.79. The van der Waals surface area contributed by atoms with Crippen LogP contribution in [-0.2, 0) is 8.85 Å². The molecule has 0 saturated carbocycles. The molecule has 0 radical (unpaired) electrons. The lowest BCUT2D eigenvalue weighted by Gasteiger charge is -2.33. The first-order valence-electron chi connectivity index (χ1n) is 4.70. The molecule has 0 aliphatic rings. The largest absolute Gasteiger partial charge is 0.399 e. The number of hydrogen-bond acceptors (Lipinski definition) is 3. The van der Waals surface area contributed by atoms with Crippen LogP contribution in [0.2, 0.25) is 0 Å². The summed E-state index contributed by atoms with van der Waals surface area (Å²) < 4.78 is 46.3. The molecule has 1 atom stereocenters. The summed E-state index contributed by atoms with van der Waals surface area (Å²) in [5.74, 6) is 0.